The fraction of sp³-hybridized carbons (Fsp3) is 0.118. The van der Waals surface area contributed by atoms with E-state index in [1.54, 1.807) is 6.08 Å². The van der Waals surface area contributed by atoms with E-state index in [1.807, 2.05) is 42.5 Å². The Labute approximate surface area is 127 Å². The predicted molar refractivity (Wildman–Crippen MR) is 82.6 cm³/mol. The van der Waals surface area contributed by atoms with Crippen molar-refractivity contribution in [2.45, 2.75) is 6.42 Å². The molecule has 106 valence electrons. The van der Waals surface area contributed by atoms with Crippen LogP contribution in [0.2, 0.25) is 5.02 Å². The Morgan fingerprint density at radius 1 is 1.10 bits per heavy atom. The van der Waals surface area contributed by atoms with E-state index >= 15 is 0 Å². The van der Waals surface area contributed by atoms with E-state index < -0.39 is 5.97 Å². The van der Waals surface area contributed by atoms with Crippen LogP contribution < -0.4 is 4.74 Å². The Bertz CT molecular complexity index is 717. The van der Waals surface area contributed by atoms with Crippen molar-refractivity contribution in [1.29, 1.82) is 0 Å². The van der Waals surface area contributed by atoms with Gasteiger partial charge in [-0.2, -0.15) is 0 Å². The molecule has 0 aliphatic carbocycles. The molecular formula is C17H13ClO3. The third-order valence-electron chi connectivity index (χ3n) is 3.42. The lowest BCUT2D eigenvalue weighted by atomic mass is 10.0. The van der Waals surface area contributed by atoms with Crippen LogP contribution in [0.25, 0.3) is 17.2 Å². The van der Waals surface area contributed by atoms with Crippen LogP contribution in [0.1, 0.15) is 12.0 Å². The van der Waals surface area contributed by atoms with Crippen molar-refractivity contribution in [3.63, 3.8) is 0 Å². The Morgan fingerprint density at radius 2 is 1.81 bits per heavy atom. The average Bonchev–Trinajstić information content (AvgIpc) is 2.69. The number of rotatable bonds is 2. The highest BCUT2D eigenvalue weighted by atomic mass is 35.5. The number of carboxylic acids is 1. The Morgan fingerprint density at radius 3 is 2.52 bits per heavy atom. The highest BCUT2D eigenvalue weighted by molar-refractivity contribution is 6.30. The summed E-state index contributed by atoms with van der Waals surface area (Å²) in [5, 5.41) is 9.85. The molecule has 0 saturated carbocycles. The zero-order chi connectivity index (χ0) is 14.8. The number of aliphatic carboxylic acids is 1. The molecule has 21 heavy (non-hydrogen) atoms. The van der Waals surface area contributed by atoms with Crippen molar-refractivity contribution in [3.8, 4) is 16.9 Å². The summed E-state index contributed by atoms with van der Waals surface area (Å²) in [7, 11) is 0. The van der Waals surface area contributed by atoms with Crippen molar-refractivity contribution in [2.75, 3.05) is 6.61 Å². The second-order valence-electron chi connectivity index (χ2n) is 4.83. The maximum Gasteiger partial charge on any atom is 0.331 e. The topological polar surface area (TPSA) is 46.5 Å². The van der Waals surface area contributed by atoms with Gasteiger partial charge in [0.15, 0.2) is 0 Å². The fourth-order valence-corrected chi connectivity index (χ4v) is 2.44. The molecule has 2 aromatic rings. The van der Waals surface area contributed by atoms with Gasteiger partial charge in [0, 0.05) is 22.6 Å². The molecule has 1 aliphatic heterocycles. The first-order valence-electron chi connectivity index (χ1n) is 6.60. The van der Waals surface area contributed by atoms with Crippen LogP contribution >= 0.6 is 11.6 Å². The summed E-state index contributed by atoms with van der Waals surface area (Å²) in [5.74, 6) is -0.188. The summed E-state index contributed by atoms with van der Waals surface area (Å²) in [6.07, 6.45) is 2.09. The molecule has 0 radical (unpaired) electrons. The number of ether oxygens (including phenoxy) is 1. The maximum absolute atomic E-state index is 11.2. The minimum Gasteiger partial charge on any atom is -0.493 e. The van der Waals surface area contributed by atoms with Crippen molar-refractivity contribution in [1.82, 2.24) is 0 Å². The number of hydrogen-bond acceptors (Lipinski definition) is 2. The molecule has 0 unspecified atom stereocenters. The van der Waals surface area contributed by atoms with E-state index in [2.05, 4.69) is 0 Å². The number of benzene rings is 2. The van der Waals surface area contributed by atoms with Gasteiger partial charge >= 0.3 is 5.97 Å². The second kappa shape index (κ2) is 5.62. The van der Waals surface area contributed by atoms with Crippen molar-refractivity contribution >= 4 is 23.6 Å². The molecule has 0 atom stereocenters. The van der Waals surface area contributed by atoms with E-state index in [-0.39, 0.29) is 0 Å². The lowest BCUT2D eigenvalue weighted by molar-refractivity contribution is -0.132. The third kappa shape index (κ3) is 2.93. The first kappa shape index (κ1) is 13.7. The second-order valence-corrected chi connectivity index (χ2v) is 5.27. The highest BCUT2D eigenvalue weighted by Crippen LogP contribution is 2.31. The SMILES string of the molecule is O=C(O)C1=Cc2cc(-c3ccc(Cl)cc3)ccc2OCC1. The lowest BCUT2D eigenvalue weighted by Gasteiger charge is -2.08. The van der Waals surface area contributed by atoms with Gasteiger partial charge in [-0.3, -0.25) is 0 Å². The van der Waals surface area contributed by atoms with Crippen LogP contribution in [0.15, 0.2) is 48.0 Å². The molecular weight excluding hydrogens is 288 g/mol. The molecule has 1 aliphatic rings. The first-order valence-corrected chi connectivity index (χ1v) is 6.98. The normalized spacial score (nSPS) is 13.7. The van der Waals surface area contributed by atoms with Gasteiger partial charge in [-0.25, -0.2) is 4.79 Å². The van der Waals surface area contributed by atoms with Crippen LogP contribution in [0, 0.1) is 0 Å². The highest BCUT2D eigenvalue weighted by Gasteiger charge is 2.15. The van der Waals surface area contributed by atoms with Crippen LogP contribution in [-0.2, 0) is 4.79 Å². The first-order chi connectivity index (χ1) is 10.1. The van der Waals surface area contributed by atoms with Gasteiger partial charge in [0.25, 0.3) is 0 Å². The van der Waals surface area contributed by atoms with E-state index in [4.69, 9.17) is 21.4 Å². The minimum atomic E-state index is -0.900. The molecule has 4 heteroatoms. The maximum atomic E-state index is 11.2. The van der Waals surface area contributed by atoms with E-state index in [1.165, 1.54) is 0 Å². The smallest absolute Gasteiger partial charge is 0.331 e. The third-order valence-corrected chi connectivity index (χ3v) is 3.67. The standard InChI is InChI=1S/C17H13ClO3/c18-15-4-1-11(2-5-15)12-3-6-16-14(9-12)10-13(17(19)20)7-8-21-16/h1-6,9-10H,7-8H2,(H,19,20). The van der Waals surface area contributed by atoms with Gasteiger partial charge in [0.05, 0.1) is 6.61 Å². The summed E-state index contributed by atoms with van der Waals surface area (Å²) in [4.78, 5) is 11.2. The fourth-order valence-electron chi connectivity index (χ4n) is 2.31. The summed E-state index contributed by atoms with van der Waals surface area (Å²) in [5.41, 5.74) is 3.17. The van der Waals surface area contributed by atoms with E-state index in [9.17, 15) is 4.79 Å². The number of carbonyl (C=O) groups is 1. The number of fused-ring (bicyclic) bond motifs is 1. The van der Waals surface area contributed by atoms with Crippen LogP contribution in [0.3, 0.4) is 0 Å². The van der Waals surface area contributed by atoms with Gasteiger partial charge in [-0.15, -0.1) is 0 Å². The number of halogens is 1. The Hall–Kier alpha value is -2.26. The largest absolute Gasteiger partial charge is 0.493 e. The van der Waals surface area contributed by atoms with Gasteiger partial charge in [-0.1, -0.05) is 29.8 Å². The van der Waals surface area contributed by atoms with Gasteiger partial charge in [-0.05, 0) is 41.5 Å². The van der Waals surface area contributed by atoms with Crippen molar-refractivity contribution in [3.05, 3.63) is 58.6 Å². The van der Waals surface area contributed by atoms with Gasteiger partial charge in [0.1, 0.15) is 5.75 Å². The average molecular weight is 301 g/mol. The molecule has 1 heterocycles. The predicted octanol–water partition coefficient (Wildman–Crippen LogP) is 4.26. The summed E-state index contributed by atoms with van der Waals surface area (Å²) in [6, 6.07) is 13.3. The molecule has 2 aromatic carbocycles. The van der Waals surface area contributed by atoms with Crippen LogP contribution in [0.5, 0.6) is 5.75 Å². The monoisotopic (exact) mass is 300 g/mol. The lowest BCUT2D eigenvalue weighted by Crippen LogP contribution is -2.03. The van der Waals surface area contributed by atoms with Gasteiger partial charge in [0.2, 0.25) is 0 Å². The van der Waals surface area contributed by atoms with E-state index in [0.29, 0.717) is 29.4 Å². The van der Waals surface area contributed by atoms with Crippen LogP contribution in [0.4, 0.5) is 0 Å². The number of carboxylic acid groups (broad SMARTS) is 1. The molecule has 0 fully saturated rings. The molecule has 0 bridgehead atoms. The molecule has 0 saturated heterocycles. The van der Waals surface area contributed by atoms with Crippen molar-refractivity contribution < 1.29 is 14.6 Å². The zero-order valence-corrected chi connectivity index (χ0v) is 11.9. The summed E-state index contributed by atoms with van der Waals surface area (Å²) < 4.78 is 5.60. The Kier molecular flexibility index (Phi) is 3.67. The minimum absolute atomic E-state index is 0.363. The zero-order valence-electron chi connectivity index (χ0n) is 11.2. The molecule has 0 spiro atoms. The molecule has 0 amide bonds. The Balaban J connectivity index is 2.05. The summed E-state index contributed by atoms with van der Waals surface area (Å²) >= 11 is 5.90. The number of hydrogen-bond donors (Lipinski definition) is 1. The molecule has 3 rings (SSSR count). The molecule has 3 nitrogen and oxygen atoms in total. The molecule has 1 N–H and O–H groups in total. The van der Waals surface area contributed by atoms with Crippen molar-refractivity contribution in [2.24, 2.45) is 0 Å². The van der Waals surface area contributed by atoms with Crippen LogP contribution in [-0.4, -0.2) is 17.7 Å². The van der Waals surface area contributed by atoms with E-state index in [0.717, 1.165) is 16.7 Å². The molecule has 0 aromatic heterocycles. The van der Waals surface area contributed by atoms with Gasteiger partial charge < -0.3 is 9.84 Å². The summed E-state index contributed by atoms with van der Waals surface area (Å²) in [6.45, 7) is 0.380. The quantitative estimate of drug-likeness (QED) is 0.901.